The van der Waals surface area contributed by atoms with Gasteiger partial charge in [-0.15, -0.1) is 0 Å². The Morgan fingerprint density at radius 2 is 2.18 bits per heavy atom. The Bertz CT molecular complexity index is 414. The second-order valence-corrected chi connectivity index (χ2v) is 4.66. The summed E-state index contributed by atoms with van der Waals surface area (Å²) in [4.78, 5) is 12.9. The zero-order chi connectivity index (χ0) is 12.5. The Kier molecular flexibility index (Phi) is 3.22. The van der Waals surface area contributed by atoms with E-state index in [0.717, 1.165) is 19.5 Å². The fraction of sp³-hybridized carbons (Fsp3) is 0.583. The molecule has 2 N–H and O–H groups in total. The zero-order valence-corrected chi connectivity index (χ0v) is 9.85. The number of aromatic carboxylic acids is 1. The average molecular weight is 239 g/mol. The van der Waals surface area contributed by atoms with Crippen molar-refractivity contribution in [2.24, 2.45) is 0 Å². The van der Waals surface area contributed by atoms with Gasteiger partial charge in [0.15, 0.2) is 0 Å². The normalized spacial score (nSPS) is 26.7. The minimum Gasteiger partial charge on any atom is -0.475 e. The summed E-state index contributed by atoms with van der Waals surface area (Å²) in [6.07, 6.45) is 2.04. The molecule has 0 bridgehead atoms. The highest BCUT2D eigenvalue weighted by atomic mass is 16.4. The van der Waals surface area contributed by atoms with Gasteiger partial charge in [-0.2, -0.15) is 0 Å². The summed E-state index contributed by atoms with van der Waals surface area (Å²) in [5, 5.41) is 19.3. The molecule has 5 nitrogen and oxygen atoms in total. The molecule has 1 aliphatic rings. The Balaban J connectivity index is 2.21. The largest absolute Gasteiger partial charge is 0.475 e. The lowest BCUT2D eigenvalue weighted by atomic mass is 9.92. The molecule has 5 heteroatoms. The topological polar surface area (TPSA) is 73.9 Å². The van der Waals surface area contributed by atoms with Crippen molar-refractivity contribution in [3.05, 3.63) is 23.7 Å². The standard InChI is InChI=1S/C12H17NO4/c1-13-7-2-5-12(16,6-8-13)10-4-3-9(17-10)11(14)15/h3-4,16H,2,5-8H2,1H3,(H,14,15). The molecule has 2 rings (SSSR count). The molecule has 1 fully saturated rings. The van der Waals surface area contributed by atoms with Gasteiger partial charge in [0.1, 0.15) is 11.4 Å². The van der Waals surface area contributed by atoms with Crippen LogP contribution in [0.3, 0.4) is 0 Å². The van der Waals surface area contributed by atoms with E-state index in [1.54, 1.807) is 6.07 Å². The molecule has 0 saturated carbocycles. The minimum absolute atomic E-state index is 0.119. The number of carboxylic acids is 1. The lowest BCUT2D eigenvalue weighted by Gasteiger charge is -2.23. The fourth-order valence-corrected chi connectivity index (χ4v) is 2.20. The van der Waals surface area contributed by atoms with Crippen LogP contribution in [0.4, 0.5) is 0 Å². The van der Waals surface area contributed by atoms with E-state index in [1.165, 1.54) is 6.07 Å². The maximum atomic E-state index is 10.7. The molecule has 17 heavy (non-hydrogen) atoms. The van der Waals surface area contributed by atoms with Crippen LogP contribution in [0.25, 0.3) is 0 Å². The molecule has 0 spiro atoms. The number of nitrogens with zero attached hydrogens (tertiary/aromatic N) is 1. The van der Waals surface area contributed by atoms with Crippen LogP contribution < -0.4 is 0 Å². The van der Waals surface area contributed by atoms with Gasteiger partial charge in [0.2, 0.25) is 5.76 Å². The Morgan fingerprint density at radius 3 is 2.82 bits per heavy atom. The molecular formula is C12H17NO4. The number of rotatable bonds is 2. The predicted octanol–water partition coefficient (Wildman–Crippen LogP) is 1.28. The van der Waals surface area contributed by atoms with Gasteiger partial charge in [-0.25, -0.2) is 4.79 Å². The van der Waals surface area contributed by atoms with Gasteiger partial charge < -0.3 is 19.5 Å². The molecule has 1 aromatic heterocycles. The zero-order valence-electron chi connectivity index (χ0n) is 9.85. The number of hydrogen-bond acceptors (Lipinski definition) is 4. The first-order valence-corrected chi connectivity index (χ1v) is 5.76. The summed E-state index contributed by atoms with van der Waals surface area (Å²) < 4.78 is 5.21. The van der Waals surface area contributed by atoms with Crippen molar-refractivity contribution in [2.75, 3.05) is 20.1 Å². The molecule has 1 unspecified atom stereocenters. The van der Waals surface area contributed by atoms with E-state index in [2.05, 4.69) is 4.90 Å². The van der Waals surface area contributed by atoms with Gasteiger partial charge >= 0.3 is 5.97 Å². The molecule has 94 valence electrons. The van der Waals surface area contributed by atoms with Gasteiger partial charge in [-0.05, 0) is 45.0 Å². The van der Waals surface area contributed by atoms with Crippen molar-refractivity contribution < 1.29 is 19.4 Å². The van der Waals surface area contributed by atoms with E-state index < -0.39 is 11.6 Å². The van der Waals surface area contributed by atoms with E-state index >= 15 is 0 Å². The summed E-state index contributed by atoms with van der Waals surface area (Å²) in [6.45, 7) is 1.72. The smallest absolute Gasteiger partial charge is 0.371 e. The Morgan fingerprint density at radius 1 is 1.41 bits per heavy atom. The van der Waals surface area contributed by atoms with Crippen LogP contribution in [0.1, 0.15) is 35.6 Å². The van der Waals surface area contributed by atoms with Crippen LogP contribution in [0.5, 0.6) is 0 Å². The van der Waals surface area contributed by atoms with Crippen LogP contribution in [-0.4, -0.2) is 41.2 Å². The number of carbonyl (C=O) groups is 1. The van der Waals surface area contributed by atoms with Crippen LogP contribution in [0, 0.1) is 0 Å². The predicted molar refractivity (Wildman–Crippen MR) is 60.9 cm³/mol. The van der Waals surface area contributed by atoms with Gasteiger partial charge in [0.25, 0.3) is 0 Å². The van der Waals surface area contributed by atoms with Crippen LogP contribution in [-0.2, 0) is 5.60 Å². The van der Waals surface area contributed by atoms with Crippen LogP contribution in [0.2, 0.25) is 0 Å². The summed E-state index contributed by atoms with van der Waals surface area (Å²) in [7, 11) is 2.01. The Labute approximate surface area is 99.6 Å². The average Bonchev–Trinajstić information content (AvgIpc) is 2.70. The Hall–Kier alpha value is -1.33. The van der Waals surface area contributed by atoms with Gasteiger partial charge in [-0.1, -0.05) is 0 Å². The first kappa shape index (κ1) is 12.1. The maximum Gasteiger partial charge on any atom is 0.371 e. The van der Waals surface area contributed by atoms with Gasteiger partial charge in [0.05, 0.1) is 0 Å². The van der Waals surface area contributed by atoms with Crippen molar-refractivity contribution in [2.45, 2.75) is 24.9 Å². The fourth-order valence-electron chi connectivity index (χ4n) is 2.20. The first-order valence-electron chi connectivity index (χ1n) is 5.76. The number of hydrogen-bond donors (Lipinski definition) is 2. The van der Waals surface area contributed by atoms with Crippen molar-refractivity contribution >= 4 is 5.97 Å². The van der Waals surface area contributed by atoms with Crippen molar-refractivity contribution in [1.29, 1.82) is 0 Å². The summed E-state index contributed by atoms with van der Waals surface area (Å²) in [5.74, 6) is -0.859. The number of carboxylic acid groups (broad SMARTS) is 1. The molecule has 2 heterocycles. The van der Waals surface area contributed by atoms with Gasteiger partial charge in [-0.3, -0.25) is 0 Å². The third-order valence-electron chi connectivity index (χ3n) is 3.31. The number of furan rings is 1. The molecule has 0 aromatic carbocycles. The lowest BCUT2D eigenvalue weighted by Crippen LogP contribution is -2.27. The maximum absolute atomic E-state index is 10.7. The van der Waals surface area contributed by atoms with Crippen molar-refractivity contribution in [3.8, 4) is 0 Å². The van der Waals surface area contributed by atoms with Gasteiger partial charge in [0, 0.05) is 6.54 Å². The second kappa shape index (κ2) is 4.50. The minimum atomic E-state index is -1.11. The number of likely N-dealkylation sites (tertiary alicyclic amines) is 1. The van der Waals surface area contributed by atoms with E-state index in [-0.39, 0.29) is 5.76 Å². The third-order valence-corrected chi connectivity index (χ3v) is 3.31. The molecule has 0 radical (unpaired) electrons. The molecule has 1 saturated heterocycles. The van der Waals surface area contributed by atoms with E-state index in [4.69, 9.17) is 9.52 Å². The highest BCUT2D eigenvalue weighted by Crippen LogP contribution is 2.33. The van der Waals surface area contributed by atoms with Crippen LogP contribution >= 0.6 is 0 Å². The second-order valence-electron chi connectivity index (χ2n) is 4.66. The summed E-state index contributed by atoms with van der Waals surface area (Å²) >= 11 is 0. The highest BCUT2D eigenvalue weighted by Gasteiger charge is 2.34. The molecule has 0 aliphatic carbocycles. The van der Waals surface area contributed by atoms with Crippen LogP contribution in [0.15, 0.2) is 16.5 Å². The van der Waals surface area contributed by atoms with E-state index in [9.17, 15) is 9.90 Å². The van der Waals surface area contributed by atoms with Crippen molar-refractivity contribution in [3.63, 3.8) is 0 Å². The molecule has 1 aliphatic heterocycles. The van der Waals surface area contributed by atoms with Crippen molar-refractivity contribution in [1.82, 2.24) is 4.90 Å². The first-order chi connectivity index (χ1) is 8.01. The third kappa shape index (κ3) is 2.50. The van der Waals surface area contributed by atoms with E-state index in [1.807, 2.05) is 7.05 Å². The molecule has 1 atom stereocenters. The van der Waals surface area contributed by atoms with E-state index in [0.29, 0.717) is 18.6 Å². The molecular weight excluding hydrogens is 222 g/mol. The monoisotopic (exact) mass is 239 g/mol. The SMILES string of the molecule is CN1CCCC(O)(c2ccc(C(=O)O)o2)CC1. The molecule has 0 amide bonds. The summed E-state index contributed by atoms with van der Waals surface area (Å²) in [5.41, 5.74) is -1.03. The molecule has 1 aromatic rings. The lowest BCUT2D eigenvalue weighted by molar-refractivity contribution is -0.000323. The quantitative estimate of drug-likeness (QED) is 0.813. The highest BCUT2D eigenvalue weighted by molar-refractivity contribution is 5.84. The summed E-state index contributed by atoms with van der Waals surface area (Å²) in [6, 6.07) is 2.96. The number of aliphatic hydroxyl groups is 1.